The molecule has 0 atom stereocenters. The van der Waals surface area contributed by atoms with E-state index in [-0.39, 0.29) is 11.3 Å². The van der Waals surface area contributed by atoms with Gasteiger partial charge >= 0.3 is 6.18 Å². The summed E-state index contributed by atoms with van der Waals surface area (Å²) in [5, 5.41) is 19.0. The zero-order chi connectivity index (χ0) is 18.7. The second-order valence-electron chi connectivity index (χ2n) is 5.32. The normalized spacial score (nSPS) is 11.7. The quantitative estimate of drug-likeness (QED) is 0.546. The first-order valence-corrected chi connectivity index (χ1v) is 7.34. The number of hydrogen-bond acceptors (Lipinski definition) is 3. The summed E-state index contributed by atoms with van der Waals surface area (Å²) in [4.78, 5) is 0. The molecule has 1 aromatic heterocycles. The van der Waals surface area contributed by atoms with Crippen LogP contribution in [-0.2, 0) is 6.18 Å². The van der Waals surface area contributed by atoms with Crippen molar-refractivity contribution in [3.63, 3.8) is 0 Å². The summed E-state index contributed by atoms with van der Waals surface area (Å²) in [6.45, 7) is 0. The number of nitrogens with one attached hydrogen (secondary N) is 1. The molecule has 1 heterocycles. The second kappa shape index (κ2) is 6.80. The Balaban J connectivity index is 1.96. The molecule has 0 amide bonds. The van der Waals surface area contributed by atoms with Crippen molar-refractivity contribution in [3.05, 3.63) is 70.7 Å². The third kappa shape index (κ3) is 3.62. The van der Waals surface area contributed by atoms with Gasteiger partial charge < -0.3 is 0 Å². The molecule has 0 aliphatic heterocycles. The molecule has 0 unspecified atom stereocenters. The van der Waals surface area contributed by atoms with Crippen LogP contribution in [0.5, 0.6) is 0 Å². The van der Waals surface area contributed by atoms with E-state index in [0.717, 1.165) is 12.1 Å². The van der Waals surface area contributed by atoms with Crippen molar-refractivity contribution in [2.24, 2.45) is 0 Å². The monoisotopic (exact) mass is 358 g/mol. The van der Waals surface area contributed by atoms with Crippen molar-refractivity contribution in [1.29, 1.82) is 5.26 Å². The Kier molecular flexibility index (Phi) is 4.54. The molecule has 0 spiro atoms. The van der Waals surface area contributed by atoms with Crippen molar-refractivity contribution in [3.8, 4) is 17.3 Å². The van der Waals surface area contributed by atoms with Crippen LogP contribution in [0.25, 0.3) is 23.4 Å². The fourth-order valence-electron chi connectivity index (χ4n) is 2.41. The third-order valence-electron chi connectivity index (χ3n) is 3.59. The van der Waals surface area contributed by atoms with Crippen LogP contribution in [-0.4, -0.2) is 15.4 Å². The Morgan fingerprint density at radius 2 is 1.85 bits per heavy atom. The molecule has 3 aromatic rings. The number of benzene rings is 2. The molecular weight excluding hydrogens is 348 g/mol. The molecular formula is C18H10F4N4. The van der Waals surface area contributed by atoms with Crippen LogP contribution in [0.15, 0.2) is 42.5 Å². The van der Waals surface area contributed by atoms with E-state index in [1.165, 1.54) is 12.2 Å². The average Bonchev–Trinajstić information content (AvgIpc) is 3.09. The van der Waals surface area contributed by atoms with Gasteiger partial charge in [0.15, 0.2) is 5.69 Å². The van der Waals surface area contributed by atoms with Crippen LogP contribution < -0.4 is 0 Å². The van der Waals surface area contributed by atoms with E-state index >= 15 is 0 Å². The molecule has 1 N–H and O–H groups in total. The predicted molar refractivity (Wildman–Crippen MR) is 86.9 cm³/mol. The van der Waals surface area contributed by atoms with Crippen molar-refractivity contribution >= 4 is 12.2 Å². The lowest BCUT2D eigenvalue weighted by Crippen LogP contribution is -2.07. The Labute approximate surface area is 145 Å². The highest BCUT2D eigenvalue weighted by Gasteiger charge is 2.33. The van der Waals surface area contributed by atoms with Gasteiger partial charge in [0.05, 0.1) is 5.56 Å². The number of aromatic nitrogens is 3. The summed E-state index contributed by atoms with van der Waals surface area (Å²) in [5.74, 6) is -0.952. The van der Waals surface area contributed by atoms with Gasteiger partial charge in [0.2, 0.25) is 0 Å². The van der Waals surface area contributed by atoms with Gasteiger partial charge in [0, 0.05) is 5.56 Å². The van der Waals surface area contributed by atoms with Crippen LogP contribution in [0, 0.1) is 17.1 Å². The van der Waals surface area contributed by atoms with Crippen LogP contribution >= 0.6 is 0 Å². The fraction of sp³-hybridized carbons (Fsp3) is 0.0556. The number of H-pyrrole nitrogens is 1. The summed E-state index contributed by atoms with van der Waals surface area (Å²) >= 11 is 0. The first kappa shape index (κ1) is 17.4. The van der Waals surface area contributed by atoms with Gasteiger partial charge in [-0.25, -0.2) is 4.39 Å². The van der Waals surface area contributed by atoms with E-state index < -0.39 is 17.6 Å². The molecule has 4 nitrogen and oxygen atoms in total. The van der Waals surface area contributed by atoms with Gasteiger partial charge in [-0.15, -0.1) is 5.10 Å². The van der Waals surface area contributed by atoms with Crippen molar-refractivity contribution in [1.82, 2.24) is 15.4 Å². The summed E-state index contributed by atoms with van der Waals surface area (Å²) in [5.41, 5.74) is 0.445. The molecule has 26 heavy (non-hydrogen) atoms. The molecule has 3 rings (SSSR count). The van der Waals surface area contributed by atoms with Crippen molar-refractivity contribution in [2.75, 3.05) is 0 Å². The van der Waals surface area contributed by atoms with E-state index in [9.17, 15) is 17.6 Å². The Morgan fingerprint density at radius 3 is 2.58 bits per heavy atom. The smallest absolute Gasteiger partial charge is 0.207 e. The van der Waals surface area contributed by atoms with E-state index in [2.05, 4.69) is 15.4 Å². The first-order valence-electron chi connectivity index (χ1n) is 7.34. The van der Waals surface area contributed by atoms with Gasteiger partial charge in [-0.05, 0) is 29.3 Å². The van der Waals surface area contributed by atoms with Gasteiger partial charge in [0.25, 0.3) is 0 Å². The number of rotatable bonds is 3. The van der Waals surface area contributed by atoms with E-state index in [1.807, 2.05) is 6.07 Å². The lowest BCUT2D eigenvalue weighted by Gasteiger charge is -2.10. The zero-order valence-electron chi connectivity index (χ0n) is 13.0. The Bertz CT molecular complexity index is 1010. The minimum absolute atomic E-state index is 0.115. The topological polar surface area (TPSA) is 65.4 Å². The number of hydrogen-bond donors (Lipinski definition) is 1. The van der Waals surface area contributed by atoms with Crippen LogP contribution in [0.4, 0.5) is 17.6 Å². The minimum Gasteiger partial charge on any atom is -0.207 e. The van der Waals surface area contributed by atoms with Gasteiger partial charge in [-0.2, -0.15) is 28.7 Å². The standard InChI is InChI=1S/C18H10F4N4/c19-14-7-6-12(15(9-14)18(20,21)22)5-4-11-2-1-3-13(8-11)17-16(10-23)24-26-25-17/h1-9H,(H,24,25,26). The molecule has 0 aliphatic carbocycles. The van der Waals surface area contributed by atoms with Gasteiger partial charge in [-0.1, -0.05) is 36.4 Å². The minimum atomic E-state index is -4.66. The third-order valence-corrected chi connectivity index (χ3v) is 3.59. The molecule has 0 saturated carbocycles. The van der Waals surface area contributed by atoms with E-state index in [1.54, 1.807) is 24.3 Å². The van der Waals surface area contributed by atoms with E-state index in [4.69, 9.17) is 5.26 Å². The summed E-state index contributed by atoms with van der Waals surface area (Å²) in [6.07, 6.45) is -1.93. The highest BCUT2D eigenvalue weighted by atomic mass is 19.4. The summed E-state index contributed by atoms with van der Waals surface area (Å²) < 4.78 is 52.3. The first-order chi connectivity index (χ1) is 12.4. The zero-order valence-corrected chi connectivity index (χ0v) is 13.0. The highest BCUT2D eigenvalue weighted by molar-refractivity contribution is 5.75. The van der Waals surface area contributed by atoms with Crippen LogP contribution in [0.1, 0.15) is 22.4 Å². The summed E-state index contributed by atoms with van der Waals surface area (Å²) in [6, 6.07) is 11.1. The van der Waals surface area contributed by atoms with Crippen molar-refractivity contribution < 1.29 is 17.6 Å². The number of alkyl halides is 3. The Morgan fingerprint density at radius 1 is 1.04 bits per heavy atom. The van der Waals surface area contributed by atoms with Crippen molar-refractivity contribution in [2.45, 2.75) is 6.18 Å². The molecule has 0 radical (unpaired) electrons. The number of nitriles is 1. The fourth-order valence-corrected chi connectivity index (χ4v) is 2.41. The number of halogens is 4. The molecule has 0 bridgehead atoms. The number of nitrogens with zero attached hydrogens (tertiary/aromatic N) is 3. The average molecular weight is 358 g/mol. The van der Waals surface area contributed by atoms with Crippen LogP contribution in [0.2, 0.25) is 0 Å². The maximum atomic E-state index is 13.2. The largest absolute Gasteiger partial charge is 0.417 e. The highest BCUT2D eigenvalue weighted by Crippen LogP contribution is 2.33. The molecule has 2 aromatic carbocycles. The van der Waals surface area contributed by atoms with Gasteiger partial charge in [0.1, 0.15) is 17.6 Å². The molecule has 0 saturated heterocycles. The molecule has 0 aliphatic rings. The lowest BCUT2D eigenvalue weighted by atomic mass is 10.0. The van der Waals surface area contributed by atoms with Gasteiger partial charge in [-0.3, -0.25) is 0 Å². The molecule has 8 heteroatoms. The Hall–Kier alpha value is -3.47. The number of aromatic amines is 1. The molecule has 130 valence electrons. The lowest BCUT2D eigenvalue weighted by molar-refractivity contribution is -0.137. The second-order valence-corrected chi connectivity index (χ2v) is 5.32. The maximum absolute atomic E-state index is 13.2. The SMILES string of the molecule is N#Cc1n[nH]nc1-c1cccc(C=Cc2ccc(F)cc2C(F)(F)F)c1. The van der Waals surface area contributed by atoms with Crippen LogP contribution in [0.3, 0.4) is 0 Å². The predicted octanol–water partition coefficient (Wildman–Crippen LogP) is 4.67. The maximum Gasteiger partial charge on any atom is 0.417 e. The molecule has 0 fully saturated rings. The summed E-state index contributed by atoms with van der Waals surface area (Å²) in [7, 11) is 0. The van der Waals surface area contributed by atoms with E-state index in [0.29, 0.717) is 22.9 Å².